The van der Waals surface area contributed by atoms with E-state index in [-0.39, 0.29) is 18.5 Å². The largest absolute Gasteiger partial charge is 0.466 e. The molecular formula is C79H151NO5. The average Bonchev–Trinajstić information content (AvgIpc) is 3.51. The number of hydrogen-bond donors (Lipinski definition) is 3. The van der Waals surface area contributed by atoms with Crippen LogP contribution in [0.5, 0.6) is 0 Å². The van der Waals surface area contributed by atoms with Gasteiger partial charge >= 0.3 is 5.97 Å². The summed E-state index contributed by atoms with van der Waals surface area (Å²) in [5.41, 5.74) is 0. The molecule has 0 fully saturated rings. The summed E-state index contributed by atoms with van der Waals surface area (Å²) in [6, 6.07) is -0.543. The standard InChI is InChI=1S/C79H151NO5/c1-3-5-7-9-11-13-15-17-19-21-23-32-36-39-43-47-51-55-59-63-67-71-77(82)76(75-81)80-78(83)72-68-64-60-56-52-48-44-40-37-33-30-28-26-24-25-27-29-31-34-38-42-46-50-54-58-62-66-70-74-85-79(84)73-69-65-61-57-53-49-45-41-35-22-20-18-16-14-12-10-8-6-4-2/h12,14,18,20,24-25,76-77,81-82H,3-11,13,15-17,19,21-23,26-75H2,1-2H3,(H,80,83)/b14-12-,20-18-,25-24-. The Morgan fingerprint density at radius 2 is 0.588 bits per heavy atom. The first-order chi connectivity index (χ1) is 42.0. The smallest absolute Gasteiger partial charge is 0.305 e. The number of allylic oxidation sites excluding steroid dienone is 6. The van der Waals surface area contributed by atoms with E-state index in [4.69, 9.17) is 4.74 Å². The molecule has 6 nitrogen and oxygen atoms in total. The molecule has 0 saturated heterocycles. The van der Waals surface area contributed by atoms with E-state index in [1.807, 2.05) is 0 Å². The highest BCUT2D eigenvalue weighted by Gasteiger charge is 2.20. The van der Waals surface area contributed by atoms with Crippen LogP contribution in [0.1, 0.15) is 431 Å². The molecule has 1 amide bonds. The summed E-state index contributed by atoms with van der Waals surface area (Å²) in [5, 5.41) is 23.4. The van der Waals surface area contributed by atoms with E-state index in [2.05, 4.69) is 55.6 Å². The molecule has 85 heavy (non-hydrogen) atoms. The number of esters is 1. The molecule has 0 rings (SSSR count). The Morgan fingerprint density at radius 3 is 0.929 bits per heavy atom. The lowest BCUT2D eigenvalue weighted by atomic mass is 10.0. The van der Waals surface area contributed by atoms with Crippen LogP contribution in [0.4, 0.5) is 0 Å². The first-order valence-electron chi connectivity index (χ1n) is 38.7. The topological polar surface area (TPSA) is 95.9 Å². The van der Waals surface area contributed by atoms with Crippen LogP contribution in [0, 0.1) is 0 Å². The second-order valence-corrected chi connectivity index (χ2v) is 26.7. The molecule has 0 aliphatic heterocycles. The molecule has 0 aromatic heterocycles. The van der Waals surface area contributed by atoms with Gasteiger partial charge in [0.25, 0.3) is 0 Å². The monoisotopic (exact) mass is 1190 g/mol. The third-order valence-electron chi connectivity index (χ3n) is 18.2. The van der Waals surface area contributed by atoms with Crippen molar-refractivity contribution in [3.8, 4) is 0 Å². The second kappa shape index (κ2) is 74.5. The van der Waals surface area contributed by atoms with E-state index in [0.29, 0.717) is 25.9 Å². The van der Waals surface area contributed by atoms with Gasteiger partial charge in [0, 0.05) is 12.8 Å². The van der Waals surface area contributed by atoms with Crippen LogP contribution in [0.25, 0.3) is 0 Å². The molecule has 0 aromatic carbocycles. The second-order valence-electron chi connectivity index (χ2n) is 26.7. The van der Waals surface area contributed by atoms with Gasteiger partial charge in [0.1, 0.15) is 0 Å². The summed E-state index contributed by atoms with van der Waals surface area (Å²) in [6.45, 7) is 4.97. The fraction of sp³-hybridized carbons (Fsp3) is 0.899. The van der Waals surface area contributed by atoms with Gasteiger partial charge in [0.05, 0.1) is 25.4 Å². The van der Waals surface area contributed by atoms with Crippen LogP contribution in [0.15, 0.2) is 36.5 Å². The number of ether oxygens (including phenoxy) is 1. The van der Waals surface area contributed by atoms with Gasteiger partial charge in [0.2, 0.25) is 5.91 Å². The van der Waals surface area contributed by atoms with Crippen LogP contribution in [-0.2, 0) is 14.3 Å². The van der Waals surface area contributed by atoms with Crippen molar-refractivity contribution in [3.05, 3.63) is 36.5 Å². The molecule has 3 N–H and O–H groups in total. The Morgan fingerprint density at radius 1 is 0.329 bits per heavy atom. The highest BCUT2D eigenvalue weighted by atomic mass is 16.5. The van der Waals surface area contributed by atoms with E-state index in [0.717, 1.165) is 51.4 Å². The Kier molecular flexibility index (Phi) is 72.9. The lowest BCUT2D eigenvalue weighted by Crippen LogP contribution is -2.45. The summed E-state index contributed by atoms with van der Waals surface area (Å²) in [6.07, 6.45) is 96.5. The Bertz CT molecular complexity index is 1380. The number of carbonyl (C=O) groups is 2. The van der Waals surface area contributed by atoms with E-state index < -0.39 is 12.1 Å². The van der Waals surface area contributed by atoms with E-state index >= 15 is 0 Å². The number of carbonyl (C=O) groups excluding carboxylic acids is 2. The number of rotatable bonds is 73. The van der Waals surface area contributed by atoms with Gasteiger partial charge in [0.15, 0.2) is 0 Å². The maximum atomic E-state index is 12.6. The average molecular weight is 1200 g/mol. The number of aliphatic hydroxyl groups excluding tert-OH is 2. The zero-order valence-electron chi connectivity index (χ0n) is 57.6. The van der Waals surface area contributed by atoms with Crippen LogP contribution >= 0.6 is 0 Å². The predicted octanol–water partition coefficient (Wildman–Crippen LogP) is 25.4. The summed E-state index contributed by atoms with van der Waals surface area (Å²) >= 11 is 0. The summed E-state index contributed by atoms with van der Waals surface area (Å²) < 4.78 is 5.51. The highest BCUT2D eigenvalue weighted by molar-refractivity contribution is 5.76. The number of nitrogens with one attached hydrogen (secondary N) is 1. The van der Waals surface area contributed by atoms with Crippen molar-refractivity contribution in [2.45, 2.75) is 443 Å². The van der Waals surface area contributed by atoms with E-state index in [9.17, 15) is 19.8 Å². The molecule has 2 atom stereocenters. The highest BCUT2D eigenvalue weighted by Crippen LogP contribution is 2.19. The molecule has 6 heteroatoms. The third kappa shape index (κ3) is 71.0. The van der Waals surface area contributed by atoms with Gasteiger partial charge in [-0.3, -0.25) is 9.59 Å². The molecule has 2 unspecified atom stereocenters. The molecule has 0 radical (unpaired) electrons. The molecule has 0 aliphatic rings. The van der Waals surface area contributed by atoms with Gasteiger partial charge in [-0.2, -0.15) is 0 Å². The zero-order valence-corrected chi connectivity index (χ0v) is 57.6. The normalized spacial score (nSPS) is 12.7. The van der Waals surface area contributed by atoms with Crippen molar-refractivity contribution >= 4 is 11.9 Å². The number of unbranched alkanes of at least 4 members (excludes halogenated alkanes) is 56. The molecule has 0 saturated carbocycles. The third-order valence-corrected chi connectivity index (χ3v) is 18.2. The van der Waals surface area contributed by atoms with Crippen LogP contribution in [-0.4, -0.2) is 47.4 Å². The van der Waals surface area contributed by atoms with Crippen molar-refractivity contribution in [2.75, 3.05) is 13.2 Å². The molecule has 0 heterocycles. The summed E-state index contributed by atoms with van der Waals surface area (Å²) in [7, 11) is 0. The van der Waals surface area contributed by atoms with Gasteiger partial charge in [-0.25, -0.2) is 0 Å². The Labute approximate surface area is 532 Å². The van der Waals surface area contributed by atoms with Crippen LogP contribution < -0.4 is 5.32 Å². The number of amides is 1. The molecule has 0 aromatic rings. The Balaban J connectivity index is 3.37. The van der Waals surface area contributed by atoms with Gasteiger partial charge in [-0.05, 0) is 83.5 Å². The minimum absolute atomic E-state index is 0.0129. The fourth-order valence-electron chi connectivity index (χ4n) is 12.3. The van der Waals surface area contributed by atoms with Crippen molar-refractivity contribution < 1.29 is 24.5 Å². The summed E-state index contributed by atoms with van der Waals surface area (Å²) in [5.74, 6) is -0.0174. The van der Waals surface area contributed by atoms with Crippen LogP contribution in [0.3, 0.4) is 0 Å². The first kappa shape index (κ1) is 83.1. The molecule has 0 bridgehead atoms. The van der Waals surface area contributed by atoms with Crippen LogP contribution in [0.2, 0.25) is 0 Å². The van der Waals surface area contributed by atoms with Crippen molar-refractivity contribution in [3.63, 3.8) is 0 Å². The molecule has 0 spiro atoms. The lowest BCUT2D eigenvalue weighted by Gasteiger charge is -2.22. The quantitative estimate of drug-likeness (QED) is 0.0320. The minimum Gasteiger partial charge on any atom is -0.466 e. The van der Waals surface area contributed by atoms with E-state index in [1.165, 1.54) is 347 Å². The fourth-order valence-corrected chi connectivity index (χ4v) is 12.3. The van der Waals surface area contributed by atoms with Gasteiger partial charge in [-0.15, -0.1) is 0 Å². The predicted molar refractivity (Wildman–Crippen MR) is 375 cm³/mol. The first-order valence-corrected chi connectivity index (χ1v) is 38.7. The molecule has 0 aliphatic carbocycles. The SMILES string of the molecule is CCCCC/C=C\C/C=C\CCCCCCCCCCCC(=O)OCCCCCCCCCCCCCC/C=C\CCCCCCCCCCCCCCC(=O)NC(CO)C(O)CCCCCCCCCCCCCCCCCCCCCCC. The van der Waals surface area contributed by atoms with Crippen molar-refractivity contribution in [1.29, 1.82) is 0 Å². The minimum atomic E-state index is -0.666. The number of aliphatic hydroxyl groups is 2. The zero-order chi connectivity index (χ0) is 61.3. The number of hydrogen-bond acceptors (Lipinski definition) is 5. The van der Waals surface area contributed by atoms with Gasteiger partial charge < -0.3 is 20.3 Å². The lowest BCUT2D eigenvalue weighted by molar-refractivity contribution is -0.143. The van der Waals surface area contributed by atoms with E-state index in [1.54, 1.807) is 0 Å². The van der Waals surface area contributed by atoms with Crippen molar-refractivity contribution in [1.82, 2.24) is 5.32 Å². The summed E-state index contributed by atoms with van der Waals surface area (Å²) in [4.78, 5) is 24.7. The van der Waals surface area contributed by atoms with Crippen molar-refractivity contribution in [2.24, 2.45) is 0 Å². The Hall–Kier alpha value is -1.92. The molecular weight excluding hydrogens is 1040 g/mol. The van der Waals surface area contributed by atoms with Gasteiger partial charge in [-0.1, -0.05) is 371 Å². The molecule has 502 valence electrons. The maximum absolute atomic E-state index is 12.6. The maximum Gasteiger partial charge on any atom is 0.305 e.